The minimum Gasteiger partial charge on any atom is -0.371 e. The van der Waals surface area contributed by atoms with Crippen molar-refractivity contribution in [1.29, 1.82) is 0 Å². The van der Waals surface area contributed by atoms with E-state index >= 15 is 0 Å². The molecule has 0 N–H and O–H groups in total. The Labute approximate surface area is 89.9 Å². The summed E-state index contributed by atoms with van der Waals surface area (Å²) in [5.74, 6) is 1.43. The van der Waals surface area contributed by atoms with Gasteiger partial charge in [-0.15, -0.1) is 11.6 Å². The van der Waals surface area contributed by atoms with E-state index in [2.05, 4.69) is 22.0 Å². The molecular formula is C11H15ClN2. The molecule has 0 radical (unpaired) electrons. The van der Waals surface area contributed by atoms with Crippen molar-refractivity contribution in [3.05, 3.63) is 24.5 Å². The molecule has 2 heterocycles. The summed E-state index contributed by atoms with van der Waals surface area (Å²) in [6, 6.07) is 4.13. The molecule has 1 aliphatic rings. The van der Waals surface area contributed by atoms with Crippen molar-refractivity contribution in [1.82, 2.24) is 4.98 Å². The van der Waals surface area contributed by atoms with E-state index in [-0.39, 0.29) is 0 Å². The van der Waals surface area contributed by atoms with E-state index in [1.54, 1.807) is 0 Å². The van der Waals surface area contributed by atoms with Gasteiger partial charge in [-0.25, -0.2) is 0 Å². The second-order valence-electron chi connectivity index (χ2n) is 3.81. The Balaban J connectivity index is 2.04. The SMILES string of the molecule is ClCC1CCCN(c2ccncc2)C1. The van der Waals surface area contributed by atoms with Crippen LogP contribution in [0.4, 0.5) is 5.69 Å². The Morgan fingerprint density at radius 2 is 2.21 bits per heavy atom. The topological polar surface area (TPSA) is 16.1 Å². The predicted molar refractivity (Wildman–Crippen MR) is 59.9 cm³/mol. The number of rotatable bonds is 2. The van der Waals surface area contributed by atoms with Crippen LogP contribution >= 0.6 is 11.6 Å². The summed E-state index contributed by atoms with van der Waals surface area (Å²) in [7, 11) is 0. The lowest BCUT2D eigenvalue weighted by atomic mass is 10.00. The number of anilines is 1. The number of halogens is 1. The summed E-state index contributed by atoms with van der Waals surface area (Å²) in [5, 5.41) is 0. The minimum absolute atomic E-state index is 0.651. The summed E-state index contributed by atoms with van der Waals surface area (Å²) in [6.45, 7) is 2.24. The molecule has 0 aliphatic carbocycles. The molecule has 1 aliphatic heterocycles. The average molecular weight is 211 g/mol. The zero-order valence-electron chi connectivity index (χ0n) is 8.19. The zero-order chi connectivity index (χ0) is 9.80. The van der Waals surface area contributed by atoms with Gasteiger partial charge in [-0.2, -0.15) is 0 Å². The van der Waals surface area contributed by atoms with Crippen LogP contribution in [-0.2, 0) is 0 Å². The van der Waals surface area contributed by atoms with Gasteiger partial charge in [0.25, 0.3) is 0 Å². The lowest BCUT2D eigenvalue weighted by molar-refractivity contribution is 0.451. The summed E-state index contributed by atoms with van der Waals surface area (Å²) in [5.41, 5.74) is 1.27. The highest BCUT2D eigenvalue weighted by Gasteiger charge is 2.18. The number of hydrogen-bond acceptors (Lipinski definition) is 2. The third-order valence-electron chi connectivity index (χ3n) is 2.77. The molecule has 0 spiro atoms. The van der Waals surface area contributed by atoms with Gasteiger partial charge in [-0.1, -0.05) is 0 Å². The van der Waals surface area contributed by atoms with Crippen LogP contribution in [0.25, 0.3) is 0 Å². The smallest absolute Gasteiger partial charge is 0.0397 e. The number of hydrogen-bond donors (Lipinski definition) is 0. The third kappa shape index (κ3) is 2.18. The Hall–Kier alpha value is -0.760. The summed E-state index contributed by atoms with van der Waals surface area (Å²) >= 11 is 5.89. The van der Waals surface area contributed by atoms with E-state index in [1.807, 2.05) is 12.4 Å². The van der Waals surface area contributed by atoms with Gasteiger partial charge in [0.1, 0.15) is 0 Å². The highest BCUT2D eigenvalue weighted by atomic mass is 35.5. The first-order chi connectivity index (χ1) is 6.90. The maximum Gasteiger partial charge on any atom is 0.0397 e. The fourth-order valence-electron chi connectivity index (χ4n) is 1.98. The van der Waals surface area contributed by atoms with Crippen molar-refractivity contribution in [3.63, 3.8) is 0 Å². The number of alkyl halides is 1. The highest BCUT2D eigenvalue weighted by molar-refractivity contribution is 6.18. The van der Waals surface area contributed by atoms with Crippen molar-refractivity contribution >= 4 is 17.3 Å². The molecule has 1 aromatic rings. The molecule has 76 valence electrons. The molecule has 3 heteroatoms. The number of nitrogens with zero attached hydrogens (tertiary/aromatic N) is 2. The van der Waals surface area contributed by atoms with E-state index in [1.165, 1.54) is 18.5 Å². The fraction of sp³-hybridized carbons (Fsp3) is 0.545. The molecule has 0 saturated carbocycles. The first kappa shape index (κ1) is 9.78. The van der Waals surface area contributed by atoms with Gasteiger partial charge >= 0.3 is 0 Å². The highest BCUT2D eigenvalue weighted by Crippen LogP contribution is 2.22. The van der Waals surface area contributed by atoms with Crippen LogP contribution in [0, 0.1) is 5.92 Å². The van der Waals surface area contributed by atoms with E-state index in [4.69, 9.17) is 11.6 Å². The standard InChI is InChI=1S/C11H15ClN2/c12-8-10-2-1-7-14(9-10)11-3-5-13-6-4-11/h3-6,10H,1-2,7-9H2. The van der Waals surface area contributed by atoms with Crippen LogP contribution < -0.4 is 4.90 Å². The van der Waals surface area contributed by atoms with Gasteiger partial charge in [0.2, 0.25) is 0 Å². The number of aromatic nitrogens is 1. The third-order valence-corrected chi connectivity index (χ3v) is 3.20. The second-order valence-corrected chi connectivity index (χ2v) is 4.12. The van der Waals surface area contributed by atoms with E-state index < -0.39 is 0 Å². The van der Waals surface area contributed by atoms with Crippen LogP contribution in [0.1, 0.15) is 12.8 Å². The van der Waals surface area contributed by atoms with Crippen LogP contribution in [0.3, 0.4) is 0 Å². The quantitative estimate of drug-likeness (QED) is 0.698. The molecule has 2 nitrogen and oxygen atoms in total. The van der Waals surface area contributed by atoms with E-state index in [9.17, 15) is 0 Å². The van der Waals surface area contributed by atoms with Crippen molar-refractivity contribution < 1.29 is 0 Å². The predicted octanol–water partition coefficient (Wildman–Crippen LogP) is 2.54. The largest absolute Gasteiger partial charge is 0.371 e. The molecule has 0 aromatic carbocycles. The number of pyridine rings is 1. The molecular weight excluding hydrogens is 196 g/mol. The summed E-state index contributed by atoms with van der Waals surface area (Å²) in [4.78, 5) is 6.43. The maximum atomic E-state index is 5.89. The fourth-order valence-corrected chi connectivity index (χ4v) is 2.23. The van der Waals surface area contributed by atoms with Gasteiger partial charge in [-0.3, -0.25) is 4.98 Å². The van der Waals surface area contributed by atoms with Crippen molar-refractivity contribution in [2.75, 3.05) is 23.9 Å². The molecule has 1 unspecified atom stereocenters. The Kier molecular flexibility index (Phi) is 3.25. The lowest BCUT2D eigenvalue weighted by Crippen LogP contribution is -2.36. The van der Waals surface area contributed by atoms with Crippen molar-refractivity contribution in [3.8, 4) is 0 Å². The summed E-state index contributed by atoms with van der Waals surface area (Å²) < 4.78 is 0. The maximum absolute atomic E-state index is 5.89. The van der Waals surface area contributed by atoms with Crippen LogP contribution in [-0.4, -0.2) is 24.0 Å². The van der Waals surface area contributed by atoms with Crippen molar-refractivity contribution in [2.45, 2.75) is 12.8 Å². The van der Waals surface area contributed by atoms with Crippen LogP contribution in [0.2, 0.25) is 0 Å². The first-order valence-corrected chi connectivity index (χ1v) is 5.64. The molecule has 1 aromatic heterocycles. The van der Waals surface area contributed by atoms with E-state index in [0.717, 1.165) is 19.0 Å². The van der Waals surface area contributed by atoms with Gasteiger partial charge in [0.15, 0.2) is 0 Å². The average Bonchev–Trinajstić information content (AvgIpc) is 2.30. The van der Waals surface area contributed by atoms with Crippen LogP contribution in [0.15, 0.2) is 24.5 Å². The number of piperidine rings is 1. The summed E-state index contributed by atoms with van der Waals surface area (Å²) in [6.07, 6.45) is 6.21. The Bertz CT molecular complexity index is 276. The Morgan fingerprint density at radius 3 is 2.93 bits per heavy atom. The monoisotopic (exact) mass is 210 g/mol. The molecule has 14 heavy (non-hydrogen) atoms. The second kappa shape index (κ2) is 4.65. The van der Waals surface area contributed by atoms with Crippen LogP contribution in [0.5, 0.6) is 0 Å². The molecule has 1 atom stereocenters. The van der Waals surface area contributed by atoms with E-state index in [0.29, 0.717) is 5.92 Å². The minimum atomic E-state index is 0.651. The van der Waals surface area contributed by atoms with Gasteiger partial charge < -0.3 is 4.90 Å². The van der Waals surface area contributed by atoms with Gasteiger partial charge in [0.05, 0.1) is 0 Å². The van der Waals surface area contributed by atoms with Gasteiger partial charge in [0, 0.05) is 37.1 Å². The molecule has 1 saturated heterocycles. The first-order valence-electron chi connectivity index (χ1n) is 5.11. The molecule has 2 rings (SSSR count). The van der Waals surface area contributed by atoms with Crippen molar-refractivity contribution in [2.24, 2.45) is 5.92 Å². The lowest BCUT2D eigenvalue weighted by Gasteiger charge is -2.33. The zero-order valence-corrected chi connectivity index (χ0v) is 8.95. The molecule has 0 amide bonds. The normalized spacial score (nSPS) is 22.4. The molecule has 0 bridgehead atoms. The van der Waals surface area contributed by atoms with Gasteiger partial charge in [-0.05, 0) is 30.9 Å². The Morgan fingerprint density at radius 1 is 1.43 bits per heavy atom. The molecule has 1 fully saturated rings.